The van der Waals surface area contributed by atoms with Gasteiger partial charge in [0.1, 0.15) is 6.20 Å². The third-order valence-electron chi connectivity index (χ3n) is 5.36. The average molecular weight is 383 g/mol. The molecule has 0 amide bonds. The summed E-state index contributed by atoms with van der Waals surface area (Å²) in [5.41, 5.74) is 8.59. The van der Waals surface area contributed by atoms with Crippen molar-refractivity contribution >= 4 is 23.5 Å². The van der Waals surface area contributed by atoms with Gasteiger partial charge in [0.15, 0.2) is 5.69 Å². The molecule has 2 aromatic heterocycles. The molecule has 0 saturated carbocycles. The van der Waals surface area contributed by atoms with Crippen molar-refractivity contribution in [2.75, 3.05) is 19.0 Å². The van der Waals surface area contributed by atoms with Gasteiger partial charge in [-0.3, -0.25) is 0 Å². The largest absolute Gasteiger partial charge is 0.378 e. The molecule has 0 atom stereocenters. The van der Waals surface area contributed by atoms with Crippen molar-refractivity contribution < 1.29 is 4.40 Å². The number of aryl methyl sites for hydroxylation is 2. The summed E-state index contributed by atoms with van der Waals surface area (Å²) in [7, 11) is 4.12. The Morgan fingerprint density at radius 2 is 1.59 bits per heavy atom. The van der Waals surface area contributed by atoms with Crippen molar-refractivity contribution in [3.05, 3.63) is 89.7 Å². The molecule has 0 aliphatic rings. The Balaban J connectivity index is 1.67. The maximum absolute atomic E-state index is 2.37. The minimum atomic E-state index is 0.929. The molecule has 0 N–H and O–H groups in total. The molecule has 0 radical (unpaired) electrons. The minimum Gasteiger partial charge on any atom is -0.378 e. The number of pyridine rings is 1. The molecular weight excluding hydrogens is 354 g/mol. The van der Waals surface area contributed by atoms with Crippen LogP contribution in [-0.4, -0.2) is 18.7 Å². The molecular formula is C26H28N3+. The molecule has 0 bridgehead atoms. The Kier molecular flexibility index (Phi) is 5.22. The Labute approximate surface area is 173 Å². The number of hydrogen-bond acceptors (Lipinski definition) is 1. The molecule has 146 valence electrons. The predicted octanol–water partition coefficient (Wildman–Crippen LogP) is 5.46. The number of fused-ring (bicyclic) bond motifs is 1. The maximum Gasteiger partial charge on any atom is 0.287 e. The van der Waals surface area contributed by atoms with Gasteiger partial charge in [0.2, 0.25) is 0 Å². The highest BCUT2D eigenvalue weighted by molar-refractivity contribution is 5.72. The Bertz CT molecular complexity index is 1150. The van der Waals surface area contributed by atoms with Crippen LogP contribution < -0.4 is 9.30 Å². The van der Waals surface area contributed by atoms with Crippen LogP contribution in [0, 0.1) is 6.92 Å². The van der Waals surface area contributed by atoms with E-state index in [0.717, 1.165) is 6.54 Å². The topological polar surface area (TPSA) is 12.3 Å². The second-order valence-corrected chi connectivity index (χ2v) is 7.67. The first-order chi connectivity index (χ1) is 14.0. The summed E-state index contributed by atoms with van der Waals surface area (Å²) >= 11 is 0. The van der Waals surface area contributed by atoms with Gasteiger partial charge in [-0.25, -0.2) is 8.97 Å². The van der Waals surface area contributed by atoms with Crippen LogP contribution >= 0.6 is 0 Å². The third-order valence-corrected chi connectivity index (χ3v) is 5.36. The zero-order chi connectivity index (χ0) is 20.4. The van der Waals surface area contributed by atoms with Crippen molar-refractivity contribution in [1.29, 1.82) is 0 Å². The van der Waals surface area contributed by atoms with E-state index in [0.29, 0.717) is 0 Å². The number of nitrogens with zero attached hydrogens (tertiary/aromatic N) is 3. The highest BCUT2D eigenvalue weighted by Gasteiger charge is 2.17. The first kappa shape index (κ1) is 19.0. The van der Waals surface area contributed by atoms with Crippen LogP contribution in [0.1, 0.15) is 23.6 Å². The van der Waals surface area contributed by atoms with Crippen molar-refractivity contribution in [3.63, 3.8) is 0 Å². The molecule has 2 aromatic carbocycles. The lowest BCUT2D eigenvalue weighted by Crippen LogP contribution is -2.18. The van der Waals surface area contributed by atoms with Crippen LogP contribution in [0.2, 0.25) is 0 Å². The lowest BCUT2D eigenvalue weighted by atomic mass is 10.1. The molecule has 29 heavy (non-hydrogen) atoms. The number of benzene rings is 2. The van der Waals surface area contributed by atoms with Crippen molar-refractivity contribution in [2.45, 2.75) is 20.4 Å². The summed E-state index contributed by atoms with van der Waals surface area (Å²) in [6.45, 7) is 5.26. The van der Waals surface area contributed by atoms with Crippen molar-refractivity contribution in [1.82, 2.24) is 4.57 Å². The molecule has 0 aliphatic heterocycles. The minimum absolute atomic E-state index is 0.929. The molecule has 0 aliphatic carbocycles. The number of hydrogen-bond donors (Lipinski definition) is 0. The number of aromatic nitrogens is 2. The van der Waals surface area contributed by atoms with Gasteiger partial charge in [-0.05, 0) is 43.2 Å². The highest BCUT2D eigenvalue weighted by Crippen LogP contribution is 2.22. The fourth-order valence-electron chi connectivity index (χ4n) is 3.63. The van der Waals surface area contributed by atoms with Gasteiger partial charge in [0.25, 0.3) is 5.65 Å². The first-order valence-electron chi connectivity index (χ1n) is 10.1. The van der Waals surface area contributed by atoms with Gasteiger partial charge < -0.3 is 4.90 Å². The van der Waals surface area contributed by atoms with Gasteiger partial charge >= 0.3 is 0 Å². The summed E-state index contributed by atoms with van der Waals surface area (Å²) in [4.78, 5) is 2.11. The van der Waals surface area contributed by atoms with E-state index < -0.39 is 0 Å². The van der Waals surface area contributed by atoms with E-state index in [9.17, 15) is 0 Å². The van der Waals surface area contributed by atoms with E-state index in [4.69, 9.17) is 0 Å². The number of imidazole rings is 1. The molecule has 0 unspecified atom stereocenters. The lowest BCUT2D eigenvalue weighted by molar-refractivity contribution is -0.510. The summed E-state index contributed by atoms with van der Waals surface area (Å²) in [5, 5.41) is 0. The van der Waals surface area contributed by atoms with Gasteiger partial charge in [-0.15, -0.1) is 0 Å². The van der Waals surface area contributed by atoms with E-state index in [1.165, 1.54) is 39.3 Å². The van der Waals surface area contributed by atoms with Crippen LogP contribution in [0.25, 0.3) is 29.1 Å². The first-order valence-corrected chi connectivity index (χ1v) is 10.1. The standard InChI is InChI=1S/C26H28N3/c1-5-29-25(23-12-6-20(2)7-13-23)19-28-17-16-22(18-26(28)29)9-8-21-10-14-24(15-11-21)27(3)4/h6-19H,5H2,1-4H3/q+1. The molecule has 4 rings (SSSR count). The Morgan fingerprint density at radius 3 is 2.24 bits per heavy atom. The fourth-order valence-corrected chi connectivity index (χ4v) is 3.63. The summed E-state index contributed by atoms with van der Waals surface area (Å²) in [6, 6.07) is 21.8. The van der Waals surface area contributed by atoms with Crippen LogP contribution in [0.5, 0.6) is 0 Å². The Morgan fingerprint density at radius 1 is 0.897 bits per heavy atom. The Hall–Kier alpha value is -3.33. The SMILES string of the molecule is CCn1c(-c2ccc(C)cc2)c[n+]2ccc(C=Cc3ccc(N(C)C)cc3)cc12. The fraction of sp³-hybridized carbons (Fsp3) is 0.192. The molecule has 3 heteroatoms. The maximum atomic E-state index is 2.37. The zero-order valence-electron chi connectivity index (χ0n) is 17.6. The van der Waals surface area contributed by atoms with Crippen LogP contribution in [-0.2, 0) is 6.54 Å². The average Bonchev–Trinajstić information content (AvgIpc) is 3.11. The molecule has 3 nitrogen and oxygen atoms in total. The zero-order valence-corrected chi connectivity index (χ0v) is 17.6. The van der Waals surface area contributed by atoms with Gasteiger partial charge in [0, 0.05) is 31.4 Å². The summed E-state index contributed by atoms with van der Waals surface area (Å²) < 4.78 is 4.58. The molecule has 4 aromatic rings. The highest BCUT2D eigenvalue weighted by atomic mass is 15.1. The summed E-state index contributed by atoms with van der Waals surface area (Å²) in [5.74, 6) is 0. The normalized spacial score (nSPS) is 11.4. The van der Waals surface area contributed by atoms with Gasteiger partial charge in [-0.2, -0.15) is 0 Å². The quantitative estimate of drug-likeness (QED) is 0.418. The smallest absolute Gasteiger partial charge is 0.287 e. The number of anilines is 1. The third kappa shape index (κ3) is 3.95. The van der Waals surface area contributed by atoms with Crippen LogP contribution in [0.15, 0.2) is 73.1 Å². The number of rotatable bonds is 5. The lowest BCUT2D eigenvalue weighted by Gasteiger charge is -2.11. The van der Waals surface area contributed by atoms with E-state index in [-0.39, 0.29) is 0 Å². The van der Waals surface area contributed by atoms with Crippen LogP contribution in [0.3, 0.4) is 0 Å². The van der Waals surface area contributed by atoms with Crippen molar-refractivity contribution in [3.8, 4) is 11.3 Å². The predicted molar refractivity (Wildman–Crippen MR) is 123 cm³/mol. The van der Waals surface area contributed by atoms with E-state index in [2.05, 4.69) is 127 Å². The molecule has 0 spiro atoms. The van der Waals surface area contributed by atoms with Crippen LogP contribution in [0.4, 0.5) is 5.69 Å². The molecule has 2 heterocycles. The van der Waals surface area contributed by atoms with Gasteiger partial charge in [0.05, 0.1) is 12.7 Å². The second kappa shape index (κ2) is 7.96. The summed E-state index contributed by atoms with van der Waals surface area (Å²) in [6.07, 6.45) is 8.72. The van der Waals surface area contributed by atoms with E-state index in [1.807, 2.05) is 0 Å². The second-order valence-electron chi connectivity index (χ2n) is 7.67. The molecule has 0 saturated heterocycles. The monoisotopic (exact) mass is 382 g/mol. The van der Waals surface area contributed by atoms with E-state index >= 15 is 0 Å². The van der Waals surface area contributed by atoms with Crippen molar-refractivity contribution in [2.24, 2.45) is 0 Å². The van der Waals surface area contributed by atoms with E-state index in [1.54, 1.807) is 0 Å². The molecule has 0 fully saturated rings. The van der Waals surface area contributed by atoms with Gasteiger partial charge in [-0.1, -0.05) is 54.1 Å².